The fourth-order valence-corrected chi connectivity index (χ4v) is 4.60. The summed E-state index contributed by atoms with van der Waals surface area (Å²) >= 11 is 0. The van der Waals surface area contributed by atoms with E-state index in [2.05, 4.69) is 0 Å². The highest BCUT2D eigenvalue weighted by Crippen LogP contribution is 2.43. The van der Waals surface area contributed by atoms with Gasteiger partial charge in [0.15, 0.2) is 11.5 Å². The summed E-state index contributed by atoms with van der Waals surface area (Å²) in [5, 5.41) is 100. The lowest BCUT2D eigenvalue weighted by atomic mass is 9.99. The van der Waals surface area contributed by atoms with Crippen molar-refractivity contribution in [3.63, 3.8) is 0 Å². The molecule has 0 bridgehead atoms. The van der Waals surface area contributed by atoms with Crippen molar-refractivity contribution in [2.24, 2.45) is 0 Å². The summed E-state index contributed by atoms with van der Waals surface area (Å²) in [5.41, 5.74) is 0.143. The van der Waals surface area contributed by atoms with E-state index in [0.717, 1.165) is 12.1 Å². The molecular weight excluding hydrogens is 552 g/mol. The molecule has 0 radical (unpaired) electrons. The van der Waals surface area contributed by atoms with Crippen LogP contribution in [-0.2, 0) is 9.47 Å². The Morgan fingerprint density at radius 2 is 1.24 bits per heavy atom. The minimum absolute atomic E-state index is 0.0272. The largest absolute Gasteiger partial charge is 0.507 e. The summed E-state index contributed by atoms with van der Waals surface area (Å²) in [6.07, 6.45) is -13.7. The second-order valence-corrected chi connectivity index (χ2v) is 9.64. The molecule has 5 rings (SSSR count). The second-order valence-electron chi connectivity index (χ2n) is 9.64. The van der Waals surface area contributed by atoms with Crippen LogP contribution in [0.5, 0.6) is 28.7 Å². The van der Waals surface area contributed by atoms with Crippen molar-refractivity contribution in [3.8, 4) is 40.1 Å². The Labute approximate surface area is 230 Å². The summed E-state index contributed by atoms with van der Waals surface area (Å²) in [6.45, 7) is -1.32. The van der Waals surface area contributed by atoms with Crippen molar-refractivity contribution >= 4 is 11.0 Å². The van der Waals surface area contributed by atoms with E-state index in [1.54, 1.807) is 0 Å². The van der Waals surface area contributed by atoms with Gasteiger partial charge in [0.1, 0.15) is 59.6 Å². The zero-order chi connectivity index (χ0) is 29.6. The minimum Gasteiger partial charge on any atom is -0.507 e. The normalized spacial score (nSPS) is 31.8. The molecule has 2 aliphatic heterocycles. The number of aliphatic hydroxyl groups is 7. The third-order valence-corrected chi connectivity index (χ3v) is 6.87. The van der Waals surface area contributed by atoms with Gasteiger partial charge in [0, 0.05) is 18.2 Å². The number of phenols is 3. The highest BCUT2D eigenvalue weighted by atomic mass is 16.7. The first-order valence-electron chi connectivity index (χ1n) is 12.4. The van der Waals surface area contributed by atoms with E-state index in [1.807, 2.05) is 0 Å². The molecule has 10 N–H and O–H groups in total. The van der Waals surface area contributed by atoms with Crippen molar-refractivity contribution in [2.45, 2.75) is 55.3 Å². The summed E-state index contributed by atoms with van der Waals surface area (Å²) in [7, 11) is 0. The van der Waals surface area contributed by atoms with Crippen molar-refractivity contribution in [3.05, 3.63) is 36.4 Å². The van der Waals surface area contributed by atoms with Gasteiger partial charge >= 0.3 is 11.3 Å². The van der Waals surface area contributed by atoms with Crippen LogP contribution in [0.15, 0.2) is 40.8 Å². The molecule has 15 nitrogen and oxygen atoms in total. The molecule has 222 valence electrons. The number of ether oxygens (including phenoxy) is 4. The van der Waals surface area contributed by atoms with Crippen molar-refractivity contribution in [1.82, 2.24) is 0 Å². The Morgan fingerprint density at radius 3 is 1.85 bits per heavy atom. The maximum Gasteiger partial charge on any atom is 0.402 e. The lowest BCUT2D eigenvalue weighted by Gasteiger charge is -2.39. The number of phenolic OH excluding ortho intramolecular Hbond substituents is 3. The SMILES string of the molecule is OC[C@H]1O[C@@H](Oc2cc(O)cc3[o+]c(-c4ccc(O)c(O)c4)c(O[C@@H]4O[C@H](CO)[C@@H](O)[C@@H]4O)cc23)[C@H](O)[C@@H](O)[C@@H]1O. The van der Waals surface area contributed by atoms with Gasteiger partial charge in [-0.25, -0.2) is 4.42 Å². The molecule has 15 heteroatoms. The molecule has 2 aromatic carbocycles. The molecule has 41 heavy (non-hydrogen) atoms. The molecule has 0 spiro atoms. The van der Waals surface area contributed by atoms with Crippen LogP contribution >= 0.6 is 0 Å². The average molecular weight is 582 g/mol. The lowest BCUT2D eigenvalue weighted by Crippen LogP contribution is -2.60. The Hall–Kier alpha value is -3.51. The highest BCUT2D eigenvalue weighted by molar-refractivity contribution is 5.89. The topological polar surface area (TPSA) is 251 Å². The average Bonchev–Trinajstić information content (AvgIpc) is 3.22. The smallest absolute Gasteiger partial charge is 0.402 e. The summed E-state index contributed by atoms with van der Waals surface area (Å²) in [6, 6.07) is 7.36. The number of fused-ring (bicyclic) bond motifs is 1. The van der Waals surface area contributed by atoms with E-state index in [-0.39, 0.29) is 39.5 Å². The van der Waals surface area contributed by atoms with Gasteiger partial charge in [-0.3, -0.25) is 0 Å². The Bertz CT molecular complexity index is 1400. The van der Waals surface area contributed by atoms with Crippen LogP contribution in [0.3, 0.4) is 0 Å². The molecule has 2 fully saturated rings. The molecule has 1 aromatic heterocycles. The molecule has 0 unspecified atom stereocenters. The van der Waals surface area contributed by atoms with Crippen LogP contribution in [-0.4, -0.2) is 120 Å². The van der Waals surface area contributed by atoms with Crippen LogP contribution in [0.25, 0.3) is 22.3 Å². The number of hydrogen-bond acceptors (Lipinski definition) is 14. The van der Waals surface area contributed by atoms with Crippen molar-refractivity contribution in [1.29, 1.82) is 0 Å². The Balaban J connectivity index is 1.60. The first kappa shape index (κ1) is 29.0. The third kappa shape index (κ3) is 5.42. The summed E-state index contributed by atoms with van der Waals surface area (Å²) < 4.78 is 28.4. The quantitative estimate of drug-likeness (QED) is 0.113. The summed E-state index contributed by atoms with van der Waals surface area (Å²) in [4.78, 5) is 0. The van der Waals surface area contributed by atoms with Crippen LogP contribution in [0.2, 0.25) is 0 Å². The van der Waals surface area contributed by atoms with E-state index < -0.39 is 80.0 Å². The maximum absolute atomic E-state index is 10.4. The van der Waals surface area contributed by atoms with Crippen LogP contribution < -0.4 is 9.47 Å². The van der Waals surface area contributed by atoms with Crippen molar-refractivity contribution in [2.75, 3.05) is 13.2 Å². The predicted octanol–water partition coefficient (Wildman–Crippen LogP) is -1.51. The number of aliphatic hydroxyl groups excluding tert-OH is 7. The maximum atomic E-state index is 10.4. The molecule has 0 saturated carbocycles. The first-order chi connectivity index (χ1) is 19.5. The van der Waals surface area contributed by atoms with Gasteiger partial charge in [-0.1, -0.05) is 0 Å². The highest BCUT2D eigenvalue weighted by Gasteiger charge is 2.46. The minimum atomic E-state index is -1.77. The predicted molar refractivity (Wildman–Crippen MR) is 134 cm³/mol. The van der Waals surface area contributed by atoms with E-state index in [0.29, 0.717) is 0 Å². The number of rotatable bonds is 7. The van der Waals surface area contributed by atoms with Gasteiger partial charge in [-0.05, 0) is 12.1 Å². The van der Waals surface area contributed by atoms with Gasteiger partial charge in [0.25, 0.3) is 0 Å². The van der Waals surface area contributed by atoms with Gasteiger partial charge in [0.05, 0.1) is 24.8 Å². The fourth-order valence-electron chi connectivity index (χ4n) is 4.60. The van der Waals surface area contributed by atoms with E-state index >= 15 is 0 Å². The zero-order valence-electron chi connectivity index (χ0n) is 21.1. The zero-order valence-corrected chi connectivity index (χ0v) is 21.1. The molecule has 3 heterocycles. The first-order valence-corrected chi connectivity index (χ1v) is 12.4. The standard InChI is InChI=1S/C26H28O15/c27-7-17-19(32)21(34)23(36)26(40-17)38-15-5-10(29)4-14-11(15)6-16(39-25-22(35)20(33)18(8-28)41-25)24(37-14)9-1-2-12(30)13(31)3-9/h1-6,17-23,25-28,32-36H,7-8H2,(H2-,29,30,31)/p+1/t17-,18-,19-,20-,21+,22+,23-,25-,26-/m1/s1. The van der Waals surface area contributed by atoms with E-state index in [1.165, 1.54) is 24.3 Å². The lowest BCUT2D eigenvalue weighted by molar-refractivity contribution is -0.277. The number of benzene rings is 2. The van der Waals surface area contributed by atoms with Crippen LogP contribution in [0, 0.1) is 0 Å². The second kappa shape index (κ2) is 11.4. The number of hydrogen-bond donors (Lipinski definition) is 10. The summed E-state index contributed by atoms with van der Waals surface area (Å²) in [5.74, 6) is -1.69. The molecule has 3 aromatic rings. The van der Waals surface area contributed by atoms with E-state index in [4.69, 9.17) is 23.4 Å². The van der Waals surface area contributed by atoms with E-state index in [9.17, 15) is 51.1 Å². The number of aromatic hydroxyl groups is 3. The van der Waals surface area contributed by atoms with Gasteiger partial charge in [0.2, 0.25) is 18.3 Å². The van der Waals surface area contributed by atoms with Gasteiger partial charge in [-0.2, -0.15) is 0 Å². The Kier molecular flexibility index (Phi) is 8.06. The molecule has 9 atom stereocenters. The molecule has 0 amide bonds. The molecular formula is C26H29O15+. The van der Waals surface area contributed by atoms with Crippen LogP contribution in [0.1, 0.15) is 0 Å². The van der Waals surface area contributed by atoms with Gasteiger partial charge in [-0.15, -0.1) is 0 Å². The van der Waals surface area contributed by atoms with Gasteiger partial charge < -0.3 is 70.0 Å². The third-order valence-electron chi connectivity index (χ3n) is 6.87. The van der Waals surface area contributed by atoms with Crippen LogP contribution in [0.4, 0.5) is 0 Å². The van der Waals surface area contributed by atoms with Crippen molar-refractivity contribution < 1.29 is 74.4 Å². The molecule has 2 aliphatic rings. The molecule has 0 aliphatic carbocycles. The Morgan fingerprint density at radius 1 is 0.659 bits per heavy atom. The fraction of sp³-hybridized carbons (Fsp3) is 0.423. The monoisotopic (exact) mass is 581 g/mol. The molecule has 2 saturated heterocycles.